The molecule has 7 heteroatoms. The Labute approximate surface area is 182 Å². The van der Waals surface area contributed by atoms with Crippen LogP contribution in [0.25, 0.3) is 12.2 Å². The molecule has 0 radical (unpaired) electrons. The number of nitrogens with one attached hydrogen (secondary N) is 1. The average molecular weight is 441 g/mol. The van der Waals surface area contributed by atoms with Crippen molar-refractivity contribution in [2.24, 2.45) is 0 Å². The molecule has 1 aromatic heterocycles. The number of hydrogen-bond acceptors (Lipinski definition) is 4. The number of aryl methyl sites for hydroxylation is 1. The minimum Gasteiger partial charge on any atom is -0.355 e. The maximum absolute atomic E-state index is 13.0. The first-order chi connectivity index (χ1) is 14.4. The minimum absolute atomic E-state index is 0.160. The molecule has 0 aliphatic rings. The summed E-state index contributed by atoms with van der Waals surface area (Å²) in [6.45, 7) is 3.96. The van der Waals surface area contributed by atoms with Crippen LogP contribution in [0.4, 0.5) is 0 Å². The van der Waals surface area contributed by atoms with Crippen LogP contribution in [-0.2, 0) is 11.3 Å². The molecular weight excluding hydrogens is 420 g/mol. The molecule has 0 spiro atoms. The number of halogens is 1. The van der Waals surface area contributed by atoms with Crippen molar-refractivity contribution in [3.63, 3.8) is 0 Å². The Morgan fingerprint density at radius 2 is 1.83 bits per heavy atom. The van der Waals surface area contributed by atoms with Crippen LogP contribution in [0.2, 0.25) is 5.02 Å². The molecular formula is C23H21ClN2O3S. The van der Waals surface area contributed by atoms with E-state index in [0.717, 1.165) is 16.9 Å². The SMILES string of the molecule is CCNC(=O)Cn1c(=O)/c(=C/c2ccccc2Cl)s/c1=C\C(=O)c1ccccc1C. The van der Waals surface area contributed by atoms with Crippen LogP contribution in [0.1, 0.15) is 28.4 Å². The normalized spacial score (nSPS) is 12.2. The summed E-state index contributed by atoms with van der Waals surface area (Å²) in [5.41, 5.74) is 1.75. The van der Waals surface area contributed by atoms with E-state index in [1.54, 1.807) is 37.3 Å². The molecule has 0 bridgehead atoms. The molecule has 1 heterocycles. The fraction of sp³-hybridized carbons (Fsp3) is 0.174. The molecule has 3 rings (SSSR count). The number of hydrogen-bond donors (Lipinski definition) is 1. The van der Waals surface area contributed by atoms with Gasteiger partial charge in [-0.05, 0) is 37.1 Å². The number of nitrogens with zero attached hydrogens (tertiary/aromatic N) is 1. The number of carbonyl (C=O) groups is 2. The predicted octanol–water partition coefficient (Wildman–Crippen LogP) is 2.50. The van der Waals surface area contributed by atoms with Gasteiger partial charge in [-0.2, -0.15) is 0 Å². The molecule has 2 aromatic carbocycles. The summed E-state index contributed by atoms with van der Waals surface area (Å²) < 4.78 is 2.14. The van der Waals surface area contributed by atoms with Crippen molar-refractivity contribution in [2.75, 3.05) is 6.54 Å². The molecule has 1 N–H and O–H groups in total. The fourth-order valence-corrected chi connectivity index (χ4v) is 4.18. The lowest BCUT2D eigenvalue weighted by Crippen LogP contribution is -2.38. The predicted molar refractivity (Wildman–Crippen MR) is 122 cm³/mol. The van der Waals surface area contributed by atoms with Crippen LogP contribution in [0, 0.1) is 6.92 Å². The lowest BCUT2D eigenvalue weighted by Gasteiger charge is -2.03. The van der Waals surface area contributed by atoms with E-state index in [1.165, 1.54) is 10.6 Å². The quantitative estimate of drug-likeness (QED) is 0.599. The van der Waals surface area contributed by atoms with Crippen molar-refractivity contribution in [3.05, 3.63) is 89.8 Å². The second-order valence-corrected chi connectivity index (χ2v) is 8.11. The largest absolute Gasteiger partial charge is 0.355 e. The van der Waals surface area contributed by atoms with Crippen molar-refractivity contribution in [2.45, 2.75) is 20.4 Å². The number of carbonyl (C=O) groups excluding carboxylic acids is 2. The van der Waals surface area contributed by atoms with E-state index >= 15 is 0 Å². The Morgan fingerprint density at radius 3 is 2.53 bits per heavy atom. The average Bonchev–Trinajstić information content (AvgIpc) is 2.99. The number of aromatic nitrogens is 1. The number of thiazole rings is 1. The Kier molecular flexibility index (Phi) is 7.03. The first-order valence-electron chi connectivity index (χ1n) is 9.45. The standard InChI is InChI=1S/C23H21ClN2O3S/c1-3-25-21(28)14-26-22(13-19(27)17-10-6-4-8-15(17)2)30-20(23(26)29)12-16-9-5-7-11-18(16)24/h4-13H,3,14H2,1-2H3,(H,25,28)/b20-12-,22-13-. The molecule has 0 saturated heterocycles. The summed E-state index contributed by atoms with van der Waals surface area (Å²) in [7, 11) is 0. The summed E-state index contributed by atoms with van der Waals surface area (Å²) in [6, 6.07) is 14.4. The van der Waals surface area contributed by atoms with Gasteiger partial charge in [0.25, 0.3) is 5.56 Å². The molecule has 3 aromatic rings. The molecule has 0 aliphatic heterocycles. The van der Waals surface area contributed by atoms with Crippen LogP contribution in [-0.4, -0.2) is 22.8 Å². The maximum Gasteiger partial charge on any atom is 0.269 e. The molecule has 0 saturated carbocycles. The molecule has 0 fully saturated rings. The third-order valence-electron chi connectivity index (χ3n) is 4.47. The zero-order valence-electron chi connectivity index (χ0n) is 16.6. The maximum atomic E-state index is 13.0. The second kappa shape index (κ2) is 9.69. The highest BCUT2D eigenvalue weighted by Gasteiger charge is 2.12. The van der Waals surface area contributed by atoms with Gasteiger partial charge in [0.15, 0.2) is 5.78 Å². The van der Waals surface area contributed by atoms with Gasteiger partial charge in [0.2, 0.25) is 5.91 Å². The topological polar surface area (TPSA) is 68.2 Å². The van der Waals surface area contributed by atoms with Crippen LogP contribution in [0.15, 0.2) is 53.3 Å². The van der Waals surface area contributed by atoms with Gasteiger partial charge >= 0.3 is 0 Å². The highest BCUT2D eigenvalue weighted by Crippen LogP contribution is 2.15. The molecule has 30 heavy (non-hydrogen) atoms. The number of rotatable bonds is 6. The van der Waals surface area contributed by atoms with Crippen LogP contribution < -0.4 is 20.1 Å². The van der Waals surface area contributed by atoms with Gasteiger partial charge in [0.1, 0.15) is 11.2 Å². The van der Waals surface area contributed by atoms with E-state index in [4.69, 9.17) is 11.6 Å². The summed E-state index contributed by atoms with van der Waals surface area (Å²) in [6.07, 6.45) is 3.09. The van der Waals surface area contributed by atoms with Gasteiger partial charge in [-0.15, -0.1) is 11.3 Å². The van der Waals surface area contributed by atoms with Gasteiger partial charge in [0.05, 0.1) is 4.53 Å². The van der Waals surface area contributed by atoms with Gasteiger partial charge < -0.3 is 5.32 Å². The first kappa shape index (κ1) is 21.7. The zero-order valence-corrected chi connectivity index (χ0v) is 18.2. The zero-order chi connectivity index (χ0) is 21.7. The smallest absolute Gasteiger partial charge is 0.269 e. The van der Waals surface area contributed by atoms with Gasteiger partial charge in [-0.1, -0.05) is 54.1 Å². The van der Waals surface area contributed by atoms with Crippen molar-refractivity contribution in [1.29, 1.82) is 0 Å². The molecule has 154 valence electrons. The molecule has 0 atom stereocenters. The van der Waals surface area contributed by atoms with E-state index < -0.39 is 0 Å². The van der Waals surface area contributed by atoms with Gasteiger partial charge in [0, 0.05) is 23.2 Å². The van der Waals surface area contributed by atoms with Gasteiger partial charge in [-0.25, -0.2) is 0 Å². The molecule has 0 aliphatic carbocycles. The van der Waals surface area contributed by atoms with Crippen molar-refractivity contribution in [1.82, 2.24) is 9.88 Å². The first-order valence-corrected chi connectivity index (χ1v) is 10.6. The molecule has 5 nitrogen and oxygen atoms in total. The van der Waals surface area contributed by atoms with E-state index in [1.807, 2.05) is 31.2 Å². The number of ketones is 1. The van der Waals surface area contributed by atoms with Crippen LogP contribution >= 0.6 is 22.9 Å². The number of amides is 1. The number of Topliss-reactive ketones (excluding diaryl/α,β-unsaturated/α-hetero) is 1. The van der Waals surface area contributed by atoms with Crippen molar-refractivity contribution in [3.8, 4) is 0 Å². The van der Waals surface area contributed by atoms with Crippen molar-refractivity contribution >= 4 is 46.8 Å². The lowest BCUT2D eigenvalue weighted by atomic mass is 10.1. The van der Waals surface area contributed by atoms with Crippen molar-refractivity contribution < 1.29 is 9.59 Å². The van der Waals surface area contributed by atoms with Crippen LogP contribution in [0.3, 0.4) is 0 Å². The highest BCUT2D eigenvalue weighted by atomic mass is 35.5. The fourth-order valence-electron chi connectivity index (χ4n) is 2.96. The third kappa shape index (κ3) is 4.96. The highest BCUT2D eigenvalue weighted by molar-refractivity contribution is 7.07. The lowest BCUT2D eigenvalue weighted by molar-refractivity contribution is -0.121. The second-order valence-electron chi connectivity index (χ2n) is 6.64. The Balaban J connectivity index is 2.17. The monoisotopic (exact) mass is 440 g/mol. The Hall–Kier alpha value is -2.96. The van der Waals surface area contributed by atoms with E-state index in [9.17, 15) is 14.4 Å². The van der Waals surface area contributed by atoms with Crippen LogP contribution in [0.5, 0.6) is 0 Å². The summed E-state index contributed by atoms with van der Waals surface area (Å²) in [4.78, 5) is 38.0. The number of likely N-dealkylation sites (N-methyl/N-ethyl adjacent to an activating group) is 1. The van der Waals surface area contributed by atoms with E-state index in [0.29, 0.717) is 31.9 Å². The summed E-state index contributed by atoms with van der Waals surface area (Å²) >= 11 is 7.38. The van der Waals surface area contributed by atoms with E-state index in [2.05, 4.69) is 5.32 Å². The van der Waals surface area contributed by atoms with E-state index in [-0.39, 0.29) is 23.8 Å². The number of benzene rings is 2. The third-order valence-corrected chi connectivity index (χ3v) is 5.87. The minimum atomic E-state index is -0.338. The molecule has 1 amide bonds. The Bertz CT molecular complexity index is 1270. The summed E-state index contributed by atoms with van der Waals surface area (Å²) in [5, 5.41) is 3.20. The molecule has 0 unspecified atom stereocenters. The van der Waals surface area contributed by atoms with Gasteiger partial charge in [-0.3, -0.25) is 19.0 Å². The summed E-state index contributed by atoms with van der Waals surface area (Å²) in [5.74, 6) is -0.511. The Morgan fingerprint density at radius 1 is 1.13 bits per heavy atom.